The number of aromatic nitrogens is 2. The lowest BCUT2D eigenvalue weighted by molar-refractivity contribution is -0.126. The number of aryl methyl sites for hydroxylation is 1. The summed E-state index contributed by atoms with van der Waals surface area (Å²) in [6.07, 6.45) is 3.45. The summed E-state index contributed by atoms with van der Waals surface area (Å²) in [6.45, 7) is 2.97. The second-order valence-corrected chi connectivity index (χ2v) is 9.19. The lowest BCUT2D eigenvalue weighted by Crippen LogP contribution is -2.40. The molecule has 174 valence electrons. The maximum atomic E-state index is 12.6. The molecule has 0 radical (unpaired) electrons. The molecule has 1 fully saturated rings. The molecule has 3 aromatic rings. The van der Waals surface area contributed by atoms with E-state index in [4.69, 9.17) is 9.26 Å². The van der Waals surface area contributed by atoms with E-state index in [1.54, 1.807) is 7.11 Å². The van der Waals surface area contributed by atoms with Gasteiger partial charge in [0.25, 0.3) is 0 Å². The van der Waals surface area contributed by atoms with Gasteiger partial charge in [0.15, 0.2) is 0 Å². The van der Waals surface area contributed by atoms with Crippen molar-refractivity contribution >= 4 is 21.8 Å². The average molecular weight is 513 g/mol. The van der Waals surface area contributed by atoms with Crippen molar-refractivity contribution in [2.24, 2.45) is 5.92 Å². The van der Waals surface area contributed by atoms with Gasteiger partial charge in [-0.1, -0.05) is 39.3 Å². The van der Waals surface area contributed by atoms with E-state index in [0.29, 0.717) is 24.8 Å². The summed E-state index contributed by atoms with van der Waals surface area (Å²) in [5, 5.41) is 7.21. The molecular weight excluding hydrogens is 484 g/mol. The fourth-order valence-electron chi connectivity index (χ4n) is 4.12. The SMILES string of the molecule is COc1ccccc1CCCNC(=O)C1CCN(Cc2nc(-c3ccc(Br)cc3)no2)CC1. The number of benzene rings is 2. The molecule has 8 heteroatoms. The smallest absolute Gasteiger partial charge is 0.241 e. The van der Waals surface area contributed by atoms with Crippen LogP contribution in [0.5, 0.6) is 5.75 Å². The van der Waals surface area contributed by atoms with E-state index >= 15 is 0 Å². The van der Waals surface area contributed by atoms with Gasteiger partial charge >= 0.3 is 0 Å². The first-order valence-electron chi connectivity index (χ1n) is 11.3. The van der Waals surface area contributed by atoms with Gasteiger partial charge < -0.3 is 14.6 Å². The fourth-order valence-corrected chi connectivity index (χ4v) is 4.39. The minimum atomic E-state index is 0.0634. The predicted molar refractivity (Wildman–Crippen MR) is 130 cm³/mol. The van der Waals surface area contributed by atoms with Crippen molar-refractivity contribution < 1.29 is 14.1 Å². The van der Waals surface area contributed by atoms with Gasteiger partial charge in [-0.15, -0.1) is 0 Å². The number of carbonyl (C=O) groups is 1. The maximum Gasteiger partial charge on any atom is 0.241 e. The van der Waals surface area contributed by atoms with E-state index in [1.165, 1.54) is 5.56 Å². The molecule has 0 saturated carbocycles. The second-order valence-electron chi connectivity index (χ2n) is 8.28. The Hall–Kier alpha value is -2.71. The zero-order chi connectivity index (χ0) is 23.0. The molecule has 1 aliphatic heterocycles. The summed E-state index contributed by atoms with van der Waals surface area (Å²) in [5.41, 5.74) is 2.10. The molecule has 1 aromatic heterocycles. The topological polar surface area (TPSA) is 80.5 Å². The Labute approximate surface area is 202 Å². The Bertz CT molecular complexity index is 1050. The number of nitrogens with zero attached hydrogens (tertiary/aromatic N) is 3. The molecule has 33 heavy (non-hydrogen) atoms. The molecule has 1 aliphatic rings. The van der Waals surface area contributed by atoms with E-state index in [-0.39, 0.29) is 11.8 Å². The second kappa shape index (κ2) is 11.4. The molecule has 2 aromatic carbocycles. The zero-order valence-electron chi connectivity index (χ0n) is 18.8. The van der Waals surface area contributed by atoms with Crippen molar-refractivity contribution in [3.8, 4) is 17.1 Å². The van der Waals surface area contributed by atoms with Gasteiger partial charge in [0.2, 0.25) is 17.6 Å². The third-order valence-electron chi connectivity index (χ3n) is 6.00. The van der Waals surface area contributed by atoms with Gasteiger partial charge in [-0.3, -0.25) is 9.69 Å². The van der Waals surface area contributed by atoms with Crippen LogP contribution in [-0.4, -0.2) is 47.7 Å². The zero-order valence-corrected chi connectivity index (χ0v) is 20.4. The summed E-state index contributed by atoms with van der Waals surface area (Å²) >= 11 is 3.43. The van der Waals surface area contributed by atoms with Crippen LogP contribution in [0.2, 0.25) is 0 Å². The number of halogens is 1. The molecule has 1 saturated heterocycles. The van der Waals surface area contributed by atoms with E-state index in [1.807, 2.05) is 42.5 Å². The summed E-state index contributed by atoms with van der Waals surface area (Å²) in [6, 6.07) is 15.9. The molecule has 0 aliphatic carbocycles. The van der Waals surface area contributed by atoms with Crippen LogP contribution in [-0.2, 0) is 17.8 Å². The first-order chi connectivity index (χ1) is 16.1. The number of amides is 1. The predicted octanol–water partition coefficient (Wildman–Crippen LogP) is 4.47. The first kappa shape index (κ1) is 23.4. The van der Waals surface area contributed by atoms with Crippen molar-refractivity contribution in [3.05, 3.63) is 64.5 Å². The van der Waals surface area contributed by atoms with Crippen LogP contribution >= 0.6 is 15.9 Å². The highest BCUT2D eigenvalue weighted by atomic mass is 79.9. The molecule has 4 rings (SSSR count). The Kier molecular flexibility index (Phi) is 8.12. The molecule has 2 heterocycles. The highest BCUT2D eigenvalue weighted by Gasteiger charge is 2.25. The van der Waals surface area contributed by atoms with Crippen molar-refractivity contribution in [2.45, 2.75) is 32.2 Å². The normalized spacial score (nSPS) is 14.8. The number of nitrogens with one attached hydrogen (secondary N) is 1. The van der Waals surface area contributed by atoms with Crippen LogP contribution in [0.4, 0.5) is 0 Å². The first-order valence-corrected chi connectivity index (χ1v) is 12.1. The van der Waals surface area contributed by atoms with Crippen molar-refractivity contribution in [1.82, 2.24) is 20.4 Å². The van der Waals surface area contributed by atoms with Gasteiger partial charge in [-0.25, -0.2) is 0 Å². The summed E-state index contributed by atoms with van der Waals surface area (Å²) in [5.74, 6) is 2.33. The third-order valence-corrected chi connectivity index (χ3v) is 6.53. The number of carbonyl (C=O) groups excluding carboxylic acids is 1. The molecule has 0 atom stereocenters. The quantitative estimate of drug-likeness (QED) is 0.426. The molecule has 0 spiro atoms. The van der Waals surface area contributed by atoms with Gasteiger partial charge in [-0.05, 0) is 74.7 Å². The number of para-hydroxylation sites is 1. The summed E-state index contributed by atoms with van der Waals surface area (Å²) in [4.78, 5) is 19.4. The van der Waals surface area contributed by atoms with Crippen LogP contribution in [0.15, 0.2) is 57.5 Å². The highest BCUT2D eigenvalue weighted by molar-refractivity contribution is 9.10. The third kappa shape index (κ3) is 6.42. The highest BCUT2D eigenvalue weighted by Crippen LogP contribution is 2.22. The van der Waals surface area contributed by atoms with Gasteiger partial charge in [-0.2, -0.15) is 4.98 Å². The largest absolute Gasteiger partial charge is 0.496 e. The van der Waals surface area contributed by atoms with E-state index in [0.717, 1.165) is 54.6 Å². The molecule has 1 N–H and O–H groups in total. The monoisotopic (exact) mass is 512 g/mol. The average Bonchev–Trinajstić information content (AvgIpc) is 3.31. The summed E-state index contributed by atoms with van der Waals surface area (Å²) in [7, 11) is 1.69. The van der Waals surface area contributed by atoms with Gasteiger partial charge in [0.05, 0.1) is 13.7 Å². The number of hydrogen-bond acceptors (Lipinski definition) is 6. The Morgan fingerprint density at radius 3 is 2.70 bits per heavy atom. The maximum absolute atomic E-state index is 12.6. The molecular formula is C25H29BrN4O3. The lowest BCUT2D eigenvalue weighted by Gasteiger charge is -2.30. The minimum Gasteiger partial charge on any atom is -0.496 e. The number of hydrogen-bond donors (Lipinski definition) is 1. The Balaban J connectivity index is 1.17. The van der Waals surface area contributed by atoms with E-state index in [9.17, 15) is 4.79 Å². The number of rotatable bonds is 9. The van der Waals surface area contributed by atoms with Crippen molar-refractivity contribution in [2.75, 3.05) is 26.7 Å². The van der Waals surface area contributed by atoms with E-state index < -0.39 is 0 Å². The number of piperidine rings is 1. The number of methoxy groups -OCH3 is 1. The van der Waals surface area contributed by atoms with Crippen molar-refractivity contribution in [3.63, 3.8) is 0 Å². The van der Waals surface area contributed by atoms with Crippen LogP contribution in [0.1, 0.15) is 30.7 Å². The van der Waals surface area contributed by atoms with Crippen LogP contribution < -0.4 is 10.1 Å². The van der Waals surface area contributed by atoms with Crippen molar-refractivity contribution in [1.29, 1.82) is 0 Å². The number of ether oxygens (including phenoxy) is 1. The molecule has 1 amide bonds. The molecule has 0 unspecified atom stereocenters. The van der Waals surface area contributed by atoms with E-state index in [2.05, 4.69) is 42.4 Å². The fraction of sp³-hybridized carbons (Fsp3) is 0.400. The standard InChI is InChI=1S/C25H29BrN4O3/c1-32-22-7-3-2-5-18(22)6-4-14-27-25(31)20-12-15-30(16-13-20)17-23-28-24(29-33-23)19-8-10-21(26)11-9-19/h2-3,5,7-11,20H,4,6,12-17H2,1H3,(H,27,31). The molecule has 0 bridgehead atoms. The van der Waals surface area contributed by atoms with Crippen LogP contribution in [0, 0.1) is 5.92 Å². The Morgan fingerprint density at radius 1 is 1.18 bits per heavy atom. The lowest BCUT2D eigenvalue weighted by atomic mass is 9.96. The van der Waals surface area contributed by atoms with Crippen LogP contribution in [0.3, 0.4) is 0 Å². The molecule has 7 nitrogen and oxygen atoms in total. The Morgan fingerprint density at radius 2 is 1.94 bits per heavy atom. The number of likely N-dealkylation sites (tertiary alicyclic amines) is 1. The van der Waals surface area contributed by atoms with Gasteiger partial charge in [0.1, 0.15) is 5.75 Å². The van der Waals surface area contributed by atoms with Crippen LogP contribution in [0.25, 0.3) is 11.4 Å². The van der Waals surface area contributed by atoms with Gasteiger partial charge in [0, 0.05) is 22.5 Å². The summed E-state index contributed by atoms with van der Waals surface area (Å²) < 4.78 is 11.8. The minimum absolute atomic E-state index is 0.0634.